The molecule has 0 aromatic carbocycles. The van der Waals surface area contributed by atoms with E-state index in [2.05, 4.69) is 21.4 Å². The van der Waals surface area contributed by atoms with E-state index >= 15 is 0 Å². The number of fused-ring (bicyclic) bond motifs is 3. The summed E-state index contributed by atoms with van der Waals surface area (Å²) in [6, 6.07) is 6.30. The SMILES string of the molecule is Cn1nc(-c2ccco2)cc1C1CN2CCC1CC2CNC(=O)CCCC(=O)O. The minimum Gasteiger partial charge on any atom is -0.481 e. The summed E-state index contributed by atoms with van der Waals surface area (Å²) in [6.07, 6.45) is 4.58. The van der Waals surface area contributed by atoms with Crippen LogP contribution in [0.15, 0.2) is 28.9 Å². The molecule has 5 heterocycles. The van der Waals surface area contributed by atoms with Gasteiger partial charge in [-0.25, -0.2) is 0 Å². The lowest BCUT2D eigenvalue weighted by molar-refractivity contribution is -0.137. The van der Waals surface area contributed by atoms with Crippen molar-refractivity contribution in [1.29, 1.82) is 0 Å². The fourth-order valence-electron chi connectivity index (χ4n) is 4.78. The highest BCUT2D eigenvalue weighted by molar-refractivity contribution is 5.76. The second-order valence-electron chi connectivity index (χ2n) is 8.15. The molecule has 29 heavy (non-hydrogen) atoms. The van der Waals surface area contributed by atoms with Crippen molar-refractivity contribution in [2.45, 2.75) is 44.1 Å². The number of nitrogens with one attached hydrogen (secondary N) is 1. The smallest absolute Gasteiger partial charge is 0.303 e. The topological polar surface area (TPSA) is 101 Å². The lowest BCUT2D eigenvalue weighted by atomic mass is 9.74. The number of carboxylic acids is 1. The quantitative estimate of drug-likeness (QED) is 0.705. The molecule has 3 aliphatic heterocycles. The van der Waals surface area contributed by atoms with Crippen molar-refractivity contribution in [3.8, 4) is 11.5 Å². The molecule has 2 N–H and O–H groups in total. The van der Waals surface area contributed by atoms with Crippen LogP contribution in [0.5, 0.6) is 0 Å². The van der Waals surface area contributed by atoms with E-state index in [-0.39, 0.29) is 18.7 Å². The molecule has 156 valence electrons. The molecule has 3 fully saturated rings. The minimum absolute atomic E-state index is 0.0391. The van der Waals surface area contributed by atoms with E-state index in [4.69, 9.17) is 9.52 Å². The van der Waals surface area contributed by atoms with Crippen molar-refractivity contribution in [3.05, 3.63) is 30.2 Å². The summed E-state index contributed by atoms with van der Waals surface area (Å²) in [5, 5.41) is 16.3. The minimum atomic E-state index is -0.857. The molecule has 4 atom stereocenters. The molecule has 5 rings (SSSR count). The van der Waals surface area contributed by atoms with Gasteiger partial charge >= 0.3 is 5.97 Å². The number of carbonyl (C=O) groups excluding carboxylic acids is 1. The first-order valence-corrected chi connectivity index (χ1v) is 10.3. The zero-order valence-electron chi connectivity index (χ0n) is 16.7. The van der Waals surface area contributed by atoms with Gasteiger partial charge in [0.1, 0.15) is 5.69 Å². The molecule has 2 aromatic heterocycles. The van der Waals surface area contributed by atoms with Gasteiger partial charge in [0.25, 0.3) is 0 Å². The predicted molar refractivity (Wildman–Crippen MR) is 106 cm³/mol. The summed E-state index contributed by atoms with van der Waals surface area (Å²) in [5.41, 5.74) is 2.11. The van der Waals surface area contributed by atoms with Crippen LogP contribution in [0.3, 0.4) is 0 Å². The Morgan fingerprint density at radius 3 is 2.93 bits per heavy atom. The summed E-state index contributed by atoms with van der Waals surface area (Å²) in [6.45, 7) is 2.67. The fourth-order valence-corrected chi connectivity index (χ4v) is 4.78. The maximum absolute atomic E-state index is 12.0. The lowest BCUT2D eigenvalue weighted by Crippen LogP contribution is -2.56. The molecule has 3 saturated heterocycles. The molecule has 2 bridgehead atoms. The molecule has 3 aliphatic rings. The van der Waals surface area contributed by atoms with E-state index < -0.39 is 5.97 Å². The second kappa shape index (κ2) is 8.41. The first-order valence-electron chi connectivity index (χ1n) is 10.3. The number of hydrogen-bond acceptors (Lipinski definition) is 5. The van der Waals surface area contributed by atoms with Crippen molar-refractivity contribution < 1.29 is 19.1 Å². The van der Waals surface area contributed by atoms with Gasteiger partial charge in [0.15, 0.2) is 5.76 Å². The van der Waals surface area contributed by atoms with Crippen molar-refractivity contribution in [1.82, 2.24) is 20.0 Å². The van der Waals surface area contributed by atoms with Crippen LogP contribution in [0.1, 0.15) is 43.7 Å². The number of aromatic nitrogens is 2. The highest BCUT2D eigenvalue weighted by Gasteiger charge is 2.41. The van der Waals surface area contributed by atoms with E-state index in [1.165, 1.54) is 5.69 Å². The number of carbonyl (C=O) groups is 2. The van der Waals surface area contributed by atoms with Crippen molar-refractivity contribution in [3.63, 3.8) is 0 Å². The van der Waals surface area contributed by atoms with Gasteiger partial charge in [-0.1, -0.05) is 0 Å². The number of carboxylic acid groups (broad SMARTS) is 1. The van der Waals surface area contributed by atoms with Crippen LogP contribution >= 0.6 is 0 Å². The van der Waals surface area contributed by atoms with Gasteiger partial charge in [-0.2, -0.15) is 5.10 Å². The Morgan fingerprint density at radius 2 is 2.24 bits per heavy atom. The molecule has 4 unspecified atom stereocenters. The third kappa shape index (κ3) is 4.37. The van der Waals surface area contributed by atoms with Gasteiger partial charge in [0.2, 0.25) is 5.91 Å². The first-order chi connectivity index (χ1) is 14.0. The van der Waals surface area contributed by atoms with Crippen molar-refractivity contribution in [2.75, 3.05) is 19.6 Å². The Labute approximate surface area is 169 Å². The average Bonchev–Trinajstić information content (AvgIpc) is 3.36. The van der Waals surface area contributed by atoms with Gasteiger partial charge in [-0.3, -0.25) is 19.2 Å². The van der Waals surface area contributed by atoms with Crippen LogP contribution in [-0.2, 0) is 16.6 Å². The third-order valence-electron chi connectivity index (χ3n) is 6.28. The van der Waals surface area contributed by atoms with E-state index in [0.717, 1.165) is 37.4 Å². The zero-order chi connectivity index (χ0) is 20.4. The third-order valence-corrected chi connectivity index (χ3v) is 6.28. The molecule has 8 heteroatoms. The number of amides is 1. The number of aliphatic carboxylic acids is 1. The molecule has 8 nitrogen and oxygen atoms in total. The molecule has 0 spiro atoms. The maximum atomic E-state index is 12.0. The monoisotopic (exact) mass is 400 g/mol. The van der Waals surface area contributed by atoms with Crippen molar-refractivity contribution in [2.24, 2.45) is 13.0 Å². The Hall–Kier alpha value is -2.61. The number of furan rings is 1. The Balaban J connectivity index is 1.34. The van der Waals surface area contributed by atoms with Crippen LogP contribution in [0, 0.1) is 5.92 Å². The normalized spacial score (nSPS) is 25.8. The molecule has 0 saturated carbocycles. The Bertz CT molecular complexity index is 860. The zero-order valence-corrected chi connectivity index (χ0v) is 16.7. The Morgan fingerprint density at radius 1 is 1.38 bits per heavy atom. The maximum Gasteiger partial charge on any atom is 0.303 e. The van der Waals surface area contributed by atoms with E-state index in [1.54, 1.807) is 6.26 Å². The van der Waals surface area contributed by atoms with Crippen LogP contribution < -0.4 is 5.32 Å². The number of rotatable bonds is 8. The standard InChI is InChI=1S/C21H28N4O4/c1-24-18(11-17(23-24)19-4-3-9-29-19)16-13-25-8-7-14(16)10-15(25)12-22-20(26)5-2-6-21(27)28/h3-4,9,11,14-16H,2,5-8,10,12-13H2,1H3,(H,22,26)(H,27,28). The Kier molecular flexibility index (Phi) is 5.71. The van der Waals surface area contributed by atoms with E-state index in [9.17, 15) is 9.59 Å². The predicted octanol–water partition coefficient (Wildman–Crippen LogP) is 2.23. The fraction of sp³-hybridized carbons (Fsp3) is 0.571. The summed E-state index contributed by atoms with van der Waals surface area (Å²) in [4.78, 5) is 25.0. The largest absolute Gasteiger partial charge is 0.481 e. The van der Waals surface area contributed by atoms with Gasteiger partial charge in [-0.05, 0) is 49.9 Å². The van der Waals surface area contributed by atoms with Gasteiger partial charge in [-0.15, -0.1) is 0 Å². The van der Waals surface area contributed by atoms with Gasteiger partial charge < -0.3 is 14.8 Å². The second-order valence-corrected chi connectivity index (χ2v) is 8.15. The van der Waals surface area contributed by atoms with Crippen LogP contribution in [-0.4, -0.2) is 57.3 Å². The number of piperidine rings is 3. The van der Waals surface area contributed by atoms with Crippen LogP contribution in [0.25, 0.3) is 11.5 Å². The number of nitrogens with zero attached hydrogens (tertiary/aromatic N) is 3. The van der Waals surface area contributed by atoms with Crippen molar-refractivity contribution >= 4 is 11.9 Å². The first kappa shape index (κ1) is 19.7. The molecule has 2 aromatic rings. The molecular weight excluding hydrogens is 372 g/mol. The van der Waals surface area contributed by atoms with E-state index in [0.29, 0.717) is 30.8 Å². The molecule has 0 radical (unpaired) electrons. The van der Waals surface area contributed by atoms with E-state index in [1.807, 2.05) is 23.9 Å². The van der Waals surface area contributed by atoms with Crippen LogP contribution in [0.4, 0.5) is 0 Å². The van der Waals surface area contributed by atoms with Gasteiger partial charge in [0.05, 0.1) is 6.26 Å². The number of hydrogen-bond donors (Lipinski definition) is 2. The summed E-state index contributed by atoms with van der Waals surface area (Å²) in [5.74, 6) is 0.892. The van der Waals surface area contributed by atoms with Crippen LogP contribution in [0.2, 0.25) is 0 Å². The number of aryl methyl sites for hydroxylation is 1. The highest BCUT2D eigenvalue weighted by Crippen LogP contribution is 2.42. The molecular formula is C21H28N4O4. The molecule has 0 aliphatic carbocycles. The summed E-state index contributed by atoms with van der Waals surface area (Å²) in [7, 11) is 1.99. The summed E-state index contributed by atoms with van der Waals surface area (Å²) >= 11 is 0. The average molecular weight is 400 g/mol. The lowest BCUT2D eigenvalue weighted by Gasteiger charge is -2.50. The summed E-state index contributed by atoms with van der Waals surface area (Å²) < 4.78 is 7.47. The highest BCUT2D eigenvalue weighted by atomic mass is 16.4. The molecule has 1 amide bonds. The van der Waals surface area contributed by atoms with Gasteiger partial charge in [0, 0.05) is 50.6 Å².